The van der Waals surface area contributed by atoms with E-state index in [9.17, 15) is 14.4 Å². The Morgan fingerprint density at radius 2 is 1.57 bits per heavy atom. The molecule has 0 aliphatic carbocycles. The molecule has 9 heteroatoms. The SMILES string of the molecule is COc1ccc(N2C(=O)NC(=O)/C(=C/c3cc(Cl)c(OC)c(Cl)c3)C2=O)cc1. The van der Waals surface area contributed by atoms with Crippen molar-refractivity contribution in [3.05, 3.63) is 57.6 Å². The Labute approximate surface area is 170 Å². The van der Waals surface area contributed by atoms with Crippen molar-refractivity contribution in [2.75, 3.05) is 19.1 Å². The molecule has 2 aromatic rings. The smallest absolute Gasteiger partial charge is 0.335 e. The van der Waals surface area contributed by atoms with Crippen molar-refractivity contribution in [3.8, 4) is 11.5 Å². The summed E-state index contributed by atoms with van der Waals surface area (Å²) in [6.45, 7) is 0. The topological polar surface area (TPSA) is 84.9 Å². The zero-order valence-electron chi connectivity index (χ0n) is 14.8. The largest absolute Gasteiger partial charge is 0.497 e. The van der Waals surface area contributed by atoms with Crippen molar-refractivity contribution in [2.45, 2.75) is 0 Å². The normalized spacial score (nSPS) is 15.6. The molecule has 1 aliphatic rings. The number of hydrogen-bond acceptors (Lipinski definition) is 5. The first kappa shape index (κ1) is 19.7. The number of rotatable bonds is 4. The van der Waals surface area contributed by atoms with Crippen molar-refractivity contribution >= 4 is 52.8 Å². The van der Waals surface area contributed by atoms with Gasteiger partial charge in [-0.15, -0.1) is 0 Å². The summed E-state index contributed by atoms with van der Waals surface area (Å²) in [5.74, 6) is -0.757. The number of benzene rings is 2. The summed E-state index contributed by atoms with van der Waals surface area (Å²) in [5, 5.41) is 2.58. The van der Waals surface area contributed by atoms with Gasteiger partial charge in [0.25, 0.3) is 11.8 Å². The molecule has 1 aliphatic heterocycles. The van der Waals surface area contributed by atoms with Crippen LogP contribution in [0.3, 0.4) is 0 Å². The second-order valence-electron chi connectivity index (χ2n) is 5.67. The van der Waals surface area contributed by atoms with Crippen molar-refractivity contribution in [3.63, 3.8) is 0 Å². The molecule has 2 aromatic carbocycles. The van der Waals surface area contributed by atoms with Crippen LogP contribution in [0.2, 0.25) is 10.0 Å². The highest BCUT2D eigenvalue weighted by molar-refractivity contribution is 6.40. The fourth-order valence-electron chi connectivity index (χ4n) is 2.65. The maximum Gasteiger partial charge on any atom is 0.335 e. The fourth-order valence-corrected chi connectivity index (χ4v) is 3.31. The molecule has 0 radical (unpaired) electrons. The minimum absolute atomic E-state index is 0.216. The molecule has 1 fully saturated rings. The average Bonchev–Trinajstić information content (AvgIpc) is 2.65. The average molecular weight is 421 g/mol. The molecule has 0 aromatic heterocycles. The number of urea groups is 1. The van der Waals surface area contributed by atoms with E-state index in [0.717, 1.165) is 4.90 Å². The van der Waals surface area contributed by atoms with E-state index in [0.29, 0.717) is 11.3 Å². The van der Waals surface area contributed by atoms with E-state index < -0.39 is 17.8 Å². The number of barbiturate groups is 1. The third kappa shape index (κ3) is 3.67. The van der Waals surface area contributed by atoms with Gasteiger partial charge < -0.3 is 9.47 Å². The second-order valence-corrected chi connectivity index (χ2v) is 6.49. The lowest BCUT2D eigenvalue weighted by molar-refractivity contribution is -0.122. The Balaban J connectivity index is 2.01. The van der Waals surface area contributed by atoms with Crippen LogP contribution in [0.1, 0.15) is 5.56 Å². The van der Waals surface area contributed by atoms with Gasteiger partial charge in [-0.05, 0) is 48.0 Å². The monoisotopic (exact) mass is 420 g/mol. The van der Waals surface area contributed by atoms with Crippen LogP contribution in [0.5, 0.6) is 11.5 Å². The van der Waals surface area contributed by atoms with Crippen LogP contribution in [-0.2, 0) is 9.59 Å². The summed E-state index contributed by atoms with van der Waals surface area (Å²) < 4.78 is 10.1. The summed E-state index contributed by atoms with van der Waals surface area (Å²) in [4.78, 5) is 38.2. The van der Waals surface area contributed by atoms with E-state index in [1.54, 1.807) is 12.1 Å². The van der Waals surface area contributed by atoms with Gasteiger partial charge in [-0.3, -0.25) is 14.9 Å². The molecule has 0 unspecified atom stereocenters. The second kappa shape index (κ2) is 7.92. The molecular formula is C19H14Cl2N2O5. The molecular weight excluding hydrogens is 407 g/mol. The van der Waals surface area contributed by atoms with E-state index >= 15 is 0 Å². The summed E-state index contributed by atoms with van der Waals surface area (Å²) in [7, 11) is 2.92. The van der Waals surface area contributed by atoms with Crippen LogP contribution in [0.15, 0.2) is 42.0 Å². The number of imide groups is 2. The van der Waals surface area contributed by atoms with Crippen LogP contribution < -0.4 is 19.7 Å². The number of methoxy groups -OCH3 is 2. The molecule has 0 saturated carbocycles. The fraction of sp³-hybridized carbons (Fsp3) is 0.105. The lowest BCUT2D eigenvalue weighted by atomic mass is 10.1. The Kier molecular flexibility index (Phi) is 5.58. The van der Waals surface area contributed by atoms with Gasteiger partial charge >= 0.3 is 6.03 Å². The number of halogens is 2. The first-order valence-electron chi connectivity index (χ1n) is 7.94. The lowest BCUT2D eigenvalue weighted by Crippen LogP contribution is -2.54. The molecule has 0 bridgehead atoms. The first-order valence-corrected chi connectivity index (χ1v) is 8.70. The Morgan fingerprint density at radius 3 is 2.11 bits per heavy atom. The van der Waals surface area contributed by atoms with Crippen LogP contribution in [0.25, 0.3) is 6.08 Å². The van der Waals surface area contributed by atoms with E-state index in [4.69, 9.17) is 32.7 Å². The predicted octanol–water partition coefficient (Wildman–Crippen LogP) is 3.68. The highest BCUT2D eigenvalue weighted by Crippen LogP contribution is 2.35. The number of ether oxygens (including phenoxy) is 2. The first-order chi connectivity index (χ1) is 13.3. The van der Waals surface area contributed by atoms with Gasteiger partial charge in [0.2, 0.25) is 0 Å². The van der Waals surface area contributed by atoms with E-state index in [1.165, 1.54) is 44.6 Å². The summed E-state index contributed by atoms with van der Waals surface area (Å²) in [6, 6.07) is 8.40. The zero-order chi connectivity index (χ0) is 20.4. The molecule has 0 atom stereocenters. The number of hydrogen-bond donors (Lipinski definition) is 1. The molecule has 7 nitrogen and oxygen atoms in total. The Morgan fingerprint density at radius 1 is 0.964 bits per heavy atom. The van der Waals surface area contributed by atoms with Crippen molar-refractivity contribution in [1.82, 2.24) is 5.32 Å². The van der Waals surface area contributed by atoms with Gasteiger partial charge in [-0.2, -0.15) is 0 Å². The third-order valence-electron chi connectivity index (χ3n) is 3.97. The van der Waals surface area contributed by atoms with Gasteiger partial charge in [-0.1, -0.05) is 23.2 Å². The zero-order valence-corrected chi connectivity index (χ0v) is 16.3. The van der Waals surface area contributed by atoms with Crippen LogP contribution >= 0.6 is 23.2 Å². The van der Waals surface area contributed by atoms with Crippen LogP contribution in [0, 0.1) is 0 Å². The molecule has 3 rings (SSSR count). The van der Waals surface area contributed by atoms with Crippen LogP contribution in [-0.4, -0.2) is 32.1 Å². The van der Waals surface area contributed by atoms with E-state index in [-0.39, 0.29) is 27.1 Å². The molecule has 1 N–H and O–H groups in total. The lowest BCUT2D eigenvalue weighted by Gasteiger charge is -2.26. The van der Waals surface area contributed by atoms with Crippen molar-refractivity contribution < 1.29 is 23.9 Å². The molecule has 0 spiro atoms. The molecule has 28 heavy (non-hydrogen) atoms. The number of carbonyl (C=O) groups is 3. The minimum Gasteiger partial charge on any atom is -0.497 e. The maximum absolute atomic E-state index is 12.9. The van der Waals surface area contributed by atoms with Gasteiger partial charge in [0.1, 0.15) is 11.3 Å². The van der Waals surface area contributed by atoms with Gasteiger partial charge in [-0.25, -0.2) is 9.69 Å². The van der Waals surface area contributed by atoms with Gasteiger partial charge in [0, 0.05) is 0 Å². The summed E-state index contributed by atoms with van der Waals surface area (Å²) in [5.41, 5.74) is 0.443. The van der Waals surface area contributed by atoms with E-state index in [2.05, 4.69) is 5.32 Å². The van der Waals surface area contributed by atoms with Crippen molar-refractivity contribution in [1.29, 1.82) is 0 Å². The number of anilines is 1. The Bertz CT molecular complexity index is 979. The molecule has 4 amide bonds. The van der Waals surface area contributed by atoms with Gasteiger partial charge in [0.15, 0.2) is 5.75 Å². The predicted molar refractivity (Wildman–Crippen MR) is 105 cm³/mol. The summed E-state index contributed by atoms with van der Waals surface area (Å²) in [6.07, 6.45) is 1.30. The maximum atomic E-state index is 12.9. The van der Waals surface area contributed by atoms with Crippen LogP contribution in [0.4, 0.5) is 10.5 Å². The third-order valence-corrected chi connectivity index (χ3v) is 4.53. The minimum atomic E-state index is -0.844. The van der Waals surface area contributed by atoms with Gasteiger partial charge in [0.05, 0.1) is 30.0 Å². The molecule has 1 heterocycles. The number of nitrogens with zero attached hydrogens (tertiary/aromatic N) is 1. The number of carbonyl (C=O) groups excluding carboxylic acids is 3. The highest BCUT2D eigenvalue weighted by Gasteiger charge is 2.36. The van der Waals surface area contributed by atoms with Crippen molar-refractivity contribution in [2.24, 2.45) is 0 Å². The Hall–Kier alpha value is -3.03. The summed E-state index contributed by atoms with van der Waals surface area (Å²) >= 11 is 12.2. The quantitative estimate of drug-likeness (QED) is 0.602. The molecule has 1 saturated heterocycles. The number of amides is 4. The van der Waals surface area contributed by atoms with E-state index in [1.807, 2.05) is 0 Å². The standard InChI is InChI=1S/C19H14Cl2N2O5/c1-27-12-5-3-11(4-6-12)23-18(25)13(17(24)22-19(23)26)7-10-8-14(20)16(28-2)15(21)9-10/h3-9H,1-2H3,(H,22,24,26)/b13-7-. The highest BCUT2D eigenvalue weighted by atomic mass is 35.5. The molecule has 144 valence electrons. The number of nitrogens with one attached hydrogen (secondary N) is 1.